The maximum atomic E-state index is 13.0. The van der Waals surface area contributed by atoms with Crippen LogP contribution < -0.4 is 26.6 Å². The largest absolute Gasteiger partial charge is 0.459 e. The van der Waals surface area contributed by atoms with E-state index in [1.165, 1.54) is 0 Å². The number of carbonyl (C=O) groups is 4. The molecule has 9 N–H and O–H groups in total. The number of carbonyl (C=O) groups excluding carboxylic acids is 4. The van der Waals surface area contributed by atoms with Crippen LogP contribution in [0.4, 0.5) is 38.0 Å². The van der Waals surface area contributed by atoms with E-state index in [1.807, 2.05) is 30.3 Å². The Morgan fingerprint density at radius 1 is 0.465 bits per heavy atom. The number of amides is 3. The lowest BCUT2D eigenvalue weighted by Gasteiger charge is -2.38. The third kappa shape index (κ3) is 37.6. The van der Waals surface area contributed by atoms with Crippen LogP contribution in [0.5, 0.6) is 0 Å². The molecule has 3 amide bonds. The van der Waals surface area contributed by atoms with Gasteiger partial charge in [-0.3, -0.25) is 24.4 Å². The zero-order chi connectivity index (χ0) is 72.8. The number of aliphatic hydroxyl groups excluding tert-OH is 4. The van der Waals surface area contributed by atoms with Crippen LogP contribution in [-0.2, 0) is 114 Å². The molecule has 1 aromatic carbocycles. The van der Waals surface area contributed by atoms with E-state index in [9.17, 15) is 65.9 Å². The summed E-state index contributed by atoms with van der Waals surface area (Å²) in [5.74, 6) is -2.10. The minimum atomic E-state index is -4.71. The molecule has 5 rings (SSSR count). The molecule has 2 fully saturated rings. The molecule has 2 unspecified atom stereocenters. The number of benzene rings is 1. The van der Waals surface area contributed by atoms with Crippen LogP contribution in [0.15, 0.2) is 55.1 Å². The highest BCUT2D eigenvalue weighted by Gasteiger charge is 2.41. The van der Waals surface area contributed by atoms with Crippen molar-refractivity contribution in [3.63, 3.8) is 0 Å². The van der Waals surface area contributed by atoms with Crippen molar-refractivity contribution in [3.05, 3.63) is 72.1 Å². The number of alkyl halides is 6. The van der Waals surface area contributed by atoms with Gasteiger partial charge < -0.3 is 123 Å². The first-order chi connectivity index (χ1) is 48.8. The lowest BCUT2D eigenvalue weighted by molar-refractivity contribution is -0.161. The van der Waals surface area contributed by atoms with E-state index in [4.69, 9.17) is 75.8 Å². The molecular formula is C62H93F6N9O24. The summed E-state index contributed by atoms with van der Waals surface area (Å²) in [5, 5.41) is 55.5. The van der Waals surface area contributed by atoms with E-state index in [0.717, 1.165) is 18.0 Å². The average Bonchev–Trinajstić information content (AvgIpc) is 0.836. The first-order valence-electron chi connectivity index (χ1n) is 32.6. The Bertz CT molecular complexity index is 2600. The zero-order valence-corrected chi connectivity index (χ0v) is 55.7. The Morgan fingerprint density at radius 2 is 0.851 bits per heavy atom. The third-order valence-corrected chi connectivity index (χ3v) is 14.1. The van der Waals surface area contributed by atoms with Crippen LogP contribution in [-0.4, -0.2) is 317 Å². The van der Waals surface area contributed by atoms with E-state index in [2.05, 4.69) is 46.5 Å². The van der Waals surface area contributed by atoms with Crippen molar-refractivity contribution in [1.29, 1.82) is 0 Å². The van der Waals surface area contributed by atoms with Crippen LogP contribution in [0.1, 0.15) is 29.8 Å². The van der Waals surface area contributed by atoms with E-state index >= 15 is 0 Å². The summed E-state index contributed by atoms with van der Waals surface area (Å²) < 4.78 is 166. The highest BCUT2D eigenvalue weighted by Crippen LogP contribution is 2.30. The van der Waals surface area contributed by atoms with Gasteiger partial charge in [0.25, 0.3) is 0 Å². The highest BCUT2D eigenvalue weighted by atomic mass is 19.4. The van der Waals surface area contributed by atoms with Crippen molar-refractivity contribution in [1.82, 2.24) is 35.9 Å². The van der Waals surface area contributed by atoms with Crippen LogP contribution in [0.2, 0.25) is 0 Å². The topological polar surface area (TPSA) is 409 Å². The predicted molar refractivity (Wildman–Crippen MR) is 336 cm³/mol. The van der Waals surface area contributed by atoms with Gasteiger partial charge in [0.1, 0.15) is 68.1 Å². The number of anilines is 2. The fraction of sp³-hybridized carbons (Fsp3) is 0.710. The van der Waals surface area contributed by atoms with Crippen LogP contribution >= 0.6 is 0 Å². The Kier molecular flexibility index (Phi) is 42.4. The number of nitrogens with one attached hydrogen (secondary N) is 5. The SMILES string of the molecule is O=C(CCOCC(COCCC(=O)NCCOCCOCCOCCOC[C@H]1OC[C@H](Nc2cncc(C(F)(F)F)n2)[C@@H](O)[C@H]1O)NC(=O)COCCOCCOCC(=O)OCc1ccccc1)NCCOCCOCCOCCOCC1OC[C@H](Nc2cncc(C(F)(F)F)n2)[C@@H](O)[C@H]1O. The Hall–Kier alpha value is -6.32. The Balaban J connectivity index is 0.838. The van der Waals surface area contributed by atoms with Gasteiger partial charge >= 0.3 is 18.3 Å². The standard InChI is InChI=1S/C62H93F6N9O24/c63-61(64,65)49-30-69-32-51(76-49)74-45-37-99-47(59(84)57(45)82)39-95-26-22-90-20-18-88-16-14-86-12-8-71-53(78)6-10-93-35-44(73-55(80)41-97-28-24-92-25-29-98-42-56(81)101-34-43-4-2-1-3-5-43)36-94-11-7-54(79)72-9-13-87-15-17-89-19-21-91-23-27-96-40-48-60(85)58(83)46(38-100-48)75-52-33-70-31-50(77-52)62(66,67)68/h1-5,30-33,44-48,57-60,82-85H,6-29,34-42H2,(H,71,78)(H,72,79)(H,73,80)(H,74,76)(H,75,77)/t44?,45-,46-,47+,48?,57+,58+,59-,60-/m0/s1. The molecule has 0 spiro atoms. The minimum Gasteiger partial charge on any atom is -0.459 e. The van der Waals surface area contributed by atoms with Crippen molar-refractivity contribution >= 4 is 35.3 Å². The second kappa shape index (κ2) is 50.1. The lowest BCUT2D eigenvalue weighted by atomic mass is 9.98. The molecule has 9 atom stereocenters. The normalized spacial score (nSPS) is 19.7. The van der Waals surface area contributed by atoms with Gasteiger partial charge in [-0.15, -0.1) is 0 Å². The number of nitrogens with zero attached hydrogens (tertiary/aromatic N) is 4. The van der Waals surface area contributed by atoms with Gasteiger partial charge in [-0.25, -0.2) is 14.8 Å². The fourth-order valence-electron chi connectivity index (χ4n) is 8.88. The minimum absolute atomic E-state index is 0.00113. The van der Waals surface area contributed by atoms with Gasteiger partial charge in [-0.2, -0.15) is 26.3 Å². The first-order valence-corrected chi connectivity index (χ1v) is 32.6. The molecular weight excluding hydrogens is 1370 g/mol. The number of ether oxygens (including phenoxy) is 16. The highest BCUT2D eigenvalue weighted by molar-refractivity contribution is 5.77. The van der Waals surface area contributed by atoms with Gasteiger partial charge in [0, 0.05) is 25.9 Å². The summed E-state index contributed by atoms with van der Waals surface area (Å²) in [6, 6.07) is 6.62. The van der Waals surface area contributed by atoms with Gasteiger partial charge in [0.15, 0.2) is 11.4 Å². The van der Waals surface area contributed by atoms with Gasteiger partial charge in [0.05, 0.1) is 215 Å². The molecule has 2 aromatic heterocycles. The molecule has 4 heterocycles. The number of aromatic nitrogens is 4. The molecule has 39 heteroatoms. The number of hydrogen-bond donors (Lipinski definition) is 9. The predicted octanol–water partition coefficient (Wildman–Crippen LogP) is -0.737. The molecule has 0 bridgehead atoms. The molecule has 2 saturated heterocycles. The summed E-state index contributed by atoms with van der Waals surface area (Å²) in [4.78, 5) is 63.7. The fourth-order valence-corrected chi connectivity index (χ4v) is 8.88. The quantitative estimate of drug-likeness (QED) is 0.0191. The summed E-state index contributed by atoms with van der Waals surface area (Å²) in [6.45, 7) is 3.05. The van der Waals surface area contributed by atoms with Crippen molar-refractivity contribution in [2.75, 3.05) is 209 Å². The lowest BCUT2D eigenvalue weighted by Crippen LogP contribution is -2.57. The second-order valence-electron chi connectivity index (χ2n) is 22.1. The number of hydrogen-bond acceptors (Lipinski definition) is 30. The number of aliphatic hydroxyl groups is 4. The Labute approximate surface area is 578 Å². The zero-order valence-electron chi connectivity index (χ0n) is 55.7. The van der Waals surface area contributed by atoms with E-state index in [0.29, 0.717) is 12.4 Å². The maximum Gasteiger partial charge on any atom is 0.434 e. The summed E-state index contributed by atoms with van der Waals surface area (Å²) >= 11 is 0. The van der Waals surface area contributed by atoms with Crippen molar-refractivity contribution < 1.29 is 142 Å². The maximum absolute atomic E-state index is 13.0. The third-order valence-electron chi connectivity index (χ3n) is 14.1. The molecule has 572 valence electrons. The van der Waals surface area contributed by atoms with Crippen molar-refractivity contribution in [2.24, 2.45) is 0 Å². The second-order valence-corrected chi connectivity index (χ2v) is 22.1. The van der Waals surface area contributed by atoms with Crippen molar-refractivity contribution in [3.8, 4) is 0 Å². The van der Waals surface area contributed by atoms with Gasteiger partial charge in [0.2, 0.25) is 17.7 Å². The number of halogens is 6. The molecule has 3 aromatic rings. The molecule has 101 heavy (non-hydrogen) atoms. The van der Waals surface area contributed by atoms with Crippen LogP contribution in [0, 0.1) is 0 Å². The van der Waals surface area contributed by atoms with Crippen LogP contribution in [0.3, 0.4) is 0 Å². The molecule has 2 aliphatic rings. The van der Waals surface area contributed by atoms with E-state index in [-0.39, 0.29) is 241 Å². The van der Waals surface area contributed by atoms with E-state index in [1.54, 1.807) is 0 Å². The molecule has 0 radical (unpaired) electrons. The number of rotatable bonds is 55. The first kappa shape index (κ1) is 85.3. The summed E-state index contributed by atoms with van der Waals surface area (Å²) in [5.41, 5.74) is -1.58. The summed E-state index contributed by atoms with van der Waals surface area (Å²) in [7, 11) is 0. The monoisotopic (exact) mass is 1460 g/mol. The molecule has 33 nitrogen and oxygen atoms in total. The number of esters is 1. The summed E-state index contributed by atoms with van der Waals surface area (Å²) in [6.07, 6.45) is -13.6. The Morgan fingerprint density at radius 3 is 1.27 bits per heavy atom. The van der Waals surface area contributed by atoms with E-state index < -0.39 is 90.4 Å². The van der Waals surface area contributed by atoms with Gasteiger partial charge in [-0.1, -0.05) is 30.3 Å². The van der Waals surface area contributed by atoms with Gasteiger partial charge in [-0.05, 0) is 5.56 Å². The van der Waals surface area contributed by atoms with Crippen LogP contribution in [0.25, 0.3) is 0 Å². The van der Waals surface area contributed by atoms with Crippen molar-refractivity contribution in [2.45, 2.75) is 86.6 Å². The molecule has 0 aliphatic carbocycles. The molecule has 2 aliphatic heterocycles. The average molecular weight is 1460 g/mol. The smallest absolute Gasteiger partial charge is 0.434 e. The molecule has 0 saturated carbocycles.